The molecule has 0 aromatic heterocycles. The predicted octanol–water partition coefficient (Wildman–Crippen LogP) is 2.68. The van der Waals surface area contributed by atoms with Crippen LogP contribution >= 0.6 is 0 Å². The molecule has 0 saturated carbocycles. The third kappa shape index (κ3) is 2.64. The molecule has 2 aliphatic heterocycles. The van der Waals surface area contributed by atoms with Crippen molar-refractivity contribution in [2.75, 3.05) is 6.54 Å². The number of aliphatic imine (C=N–C) groups is 2. The maximum atomic E-state index is 12.0. The van der Waals surface area contributed by atoms with Crippen molar-refractivity contribution in [3.05, 3.63) is 35.4 Å². The van der Waals surface area contributed by atoms with Crippen LogP contribution in [0.5, 0.6) is 0 Å². The van der Waals surface area contributed by atoms with E-state index in [1.54, 1.807) is 0 Å². The van der Waals surface area contributed by atoms with Gasteiger partial charge in [-0.15, -0.1) is 0 Å². The van der Waals surface area contributed by atoms with E-state index < -0.39 is 6.04 Å². The van der Waals surface area contributed by atoms with Crippen molar-refractivity contribution in [1.29, 1.82) is 0 Å². The van der Waals surface area contributed by atoms with E-state index in [1.165, 1.54) is 12.0 Å². The van der Waals surface area contributed by atoms with Crippen LogP contribution in [0.3, 0.4) is 0 Å². The van der Waals surface area contributed by atoms with E-state index in [0.29, 0.717) is 5.90 Å². The van der Waals surface area contributed by atoms with Crippen molar-refractivity contribution in [2.45, 2.75) is 38.6 Å². The summed E-state index contributed by atoms with van der Waals surface area (Å²) in [6.07, 6.45) is 4.20. The van der Waals surface area contributed by atoms with Crippen LogP contribution in [0.2, 0.25) is 0 Å². The summed E-state index contributed by atoms with van der Waals surface area (Å²) in [6, 6.07) is 7.31. The van der Waals surface area contributed by atoms with Crippen LogP contribution < -0.4 is 0 Å². The van der Waals surface area contributed by atoms with E-state index >= 15 is 0 Å². The van der Waals surface area contributed by atoms with Gasteiger partial charge in [-0.2, -0.15) is 0 Å². The average Bonchev–Trinajstić information content (AvgIpc) is 2.67. The fourth-order valence-electron chi connectivity index (χ4n) is 2.51. The summed E-state index contributed by atoms with van der Waals surface area (Å²) >= 11 is 0. The molecule has 1 aromatic rings. The van der Waals surface area contributed by atoms with E-state index in [2.05, 4.69) is 9.98 Å². The quantitative estimate of drug-likeness (QED) is 0.776. The number of hydrogen-bond donors (Lipinski definition) is 0. The number of nitrogens with zero attached hydrogens (tertiary/aromatic N) is 2. The Kier molecular flexibility index (Phi) is 3.63. The number of esters is 1. The van der Waals surface area contributed by atoms with Gasteiger partial charge in [0.2, 0.25) is 5.90 Å². The molecular weight excluding hydrogens is 252 g/mol. The number of carbonyl (C=O) groups excluding carboxylic acids is 1. The molecular formula is C16H18N2O2. The maximum absolute atomic E-state index is 12.0. The van der Waals surface area contributed by atoms with Gasteiger partial charge >= 0.3 is 5.97 Å². The molecule has 20 heavy (non-hydrogen) atoms. The van der Waals surface area contributed by atoms with E-state index in [4.69, 9.17) is 4.74 Å². The Hall–Kier alpha value is -1.97. The Morgan fingerprint density at radius 2 is 1.95 bits per heavy atom. The van der Waals surface area contributed by atoms with Gasteiger partial charge in [0, 0.05) is 17.8 Å². The van der Waals surface area contributed by atoms with Gasteiger partial charge in [0.15, 0.2) is 6.04 Å². The average molecular weight is 270 g/mol. The SMILES string of the molecule is Cc1ccc(C2=N[C@@H](C3=NCCCCC3)C(=O)O2)cc1. The van der Waals surface area contributed by atoms with Crippen LogP contribution in [0.1, 0.15) is 36.8 Å². The van der Waals surface area contributed by atoms with Gasteiger partial charge in [0.1, 0.15) is 0 Å². The number of carbonyl (C=O) groups is 1. The van der Waals surface area contributed by atoms with Crippen molar-refractivity contribution in [1.82, 2.24) is 0 Å². The lowest BCUT2D eigenvalue weighted by atomic mass is 10.1. The Morgan fingerprint density at radius 1 is 1.15 bits per heavy atom. The summed E-state index contributed by atoms with van der Waals surface area (Å²) in [7, 11) is 0. The van der Waals surface area contributed by atoms with Gasteiger partial charge in [-0.3, -0.25) is 4.99 Å². The second-order valence-corrected chi connectivity index (χ2v) is 5.31. The third-order valence-corrected chi connectivity index (χ3v) is 3.69. The maximum Gasteiger partial charge on any atom is 0.343 e. The number of cyclic esters (lactones) is 1. The summed E-state index contributed by atoms with van der Waals surface area (Å²) in [5, 5.41) is 0. The van der Waals surface area contributed by atoms with Crippen LogP contribution in [-0.2, 0) is 9.53 Å². The molecule has 104 valence electrons. The zero-order valence-corrected chi connectivity index (χ0v) is 11.6. The number of benzene rings is 1. The largest absolute Gasteiger partial charge is 0.405 e. The molecule has 0 radical (unpaired) electrons. The fourth-order valence-corrected chi connectivity index (χ4v) is 2.51. The predicted molar refractivity (Wildman–Crippen MR) is 78.4 cm³/mol. The van der Waals surface area contributed by atoms with Crippen LogP contribution in [-0.4, -0.2) is 30.2 Å². The summed E-state index contributed by atoms with van der Waals surface area (Å²) in [6.45, 7) is 2.82. The fraction of sp³-hybridized carbons (Fsp3) is 0.438. The molecule has 0 bridgehead atoms. The third-order valence-electron chi connectivity index (χ3n) is 3.69. The van der Waals surface area contributed by atoms with E-state index in [0.717, 1.165) is 37.1 Å². The van der Waals surface area contributed by atoms with Gasteiger partial charge in [0.05, 0.1) is 0 Å². The van der Waals surface area contributed by atoms with Crippen molar-refractivity contribution in [3.63, 3.8) is 0 Å². The van der Waals surface area contributed by atoms with E-state index in [9.17, 15) is 4.79 Å². The van der Waals surface area contributed by atoms with E-state index in [-0.39, 0.29) is 5.97 Å². The molecule has 0 unspecified atom stereocenters. The highest BCUT2D eigenvalue weighted by Gasteiger charge is 2.33. The van der Waals surface area contributed by atoms with Crippen LogP contribution in [0.25, 0.3) is 0 Å². The zero-order valence-electron chi connectivity index (χ0n) is 11.6. The van der Waals surface area contributed by atoms with Gasteiger partial charge in [0.25, 0.3) is 0 Å². The molecule has 0 spiro atoms. The first kappa shape index (κ1) is 13.0. The van der Waals surface area contributed by atoms with Gasteiger partial charge in [-0.1, -0.05) is 24.1 Å². The highest BCUT2D eigenvalue weighted by molar-refractivity contribution is 6.16. The Bertz CT molecular complexity index is 573. The Balaban J connectivity index is 1.84. The summed E-state index contributed by atoms with van der Waals surface area (Å²) in [5.41, 5.74) is 2.90. The standard InChI is InChI=1S/C16H18N2O2/c1-11-6-8-12(9-7-11)15-18-14(16(19)20-15)13-5-3-2-4-10-17-13/h6-9,14H,2-5,10H2,1H3/t14-/m0/s1. The monoisotopic (exact) mass is 270 g/mol. The van der Waals surface area contributed by atoms with Crippen LogP contribution in [0, 0.1) is 6.92 Å². The minimum atomic E-state index is -0.524. The second kappa shape index (κ2) is 5.57. The second-order valence-electron chi connectivity index (χ2n) is 5.31. The van der Waals surface area contributed by atoms with E-state index in [1.807, 2.05) is 31.2 Å². The number of rotatable bonds is 2. The van der Waals surface area contributed by atoms with Crippen molar-refractivity contribution in [3.8, 4) is 0 Å². The van der Waals surface area contributed by atoms with Crippen molar-refractivity contribution >= 4 is 17.6 Å². The van der Waals surface area contributed by atoms with Gasteiger partial charge < -0.3 is 4.74 Å². The number of ether oxygens (including phenoxy) is 1. The number of hydrogen-bond acceptors (Lipinski definition) is 4. The molecule has 0 fully saturated rings. The molecule has 0 aliphatic carbocycles. The molecule has 2 aliphatic rings. The first-order chi connectivity index (χ1) is 9.74. The lowest BCUT2D eigenvalue weighted by molar-refractivity contribution is -0.133. The van der Waals surface area contributed by atoms with Gasteiger partial charge in [-0.05, 0) is 38.3 Å². The van der Waals surface area contributed by atoms with Crippen LogP contribution in [0.15, 0.2) is 34.3 Å². The molecule has 4 heteroatoms. The highest BCUT2D eigenvalue weighted by atomic mass is 16.6. The smallest absolute Gasteiger partial charge is 0.343 e. The first-order valence-electron chi connectivity index (χ1n) is 7.14. The molecule has 3 rings (SSSR count). The molecule has 1 aromatic carbocycles. The highest BCUT2D eigenvalue weighted by Crippen LogP contribution is 2.19. The topological polar surface area (TPSA) is 51.0 Å². The Morgan fingerprint density at radius 3 is 2.75 bits per heavy atom. The summed E-state index contributed by atoms with van der Waals surface area (Å²) in [5.74, 6) is 0.133. The normalized spacial score (nSPS) is 22.9. The van der Waals surface area contributed by atoms with Crippen molar-refractivity contribution in [2.24, 2.45) is 9.98 Å². The summed E-state index contributed by atoms with van der Waals surface area (Å²) in [4.78, 5) is 21.0. The molecule has 2 heterocycles. The van der Waals surface area contributed by atoms with Crippen LogP contribution in [0.4, 0.5) is 0 Å². The van der Waals surface area contributed by atoms with Crippen molar-refractivity contribution < 1.29 is 9.53 Å². The molecule has 0 amide bonds. The number of aryl methyl sites for hydroxylation is 1. The Labute approximate surface area is 118 Å². The minimum absolute atomic E-state index is 0.291. The van der Waals surface area contributed by atoms with Gasteiger partial charge in [-0.25, -0.2) is 9.79 Å². The molecule has 4 nitrogen and oxygen atoms in total. The molecule has 0 N–H and O–H groups in total. The summed E-state index contributed by atoms with van der Waals surface area (Å²) < 4.78 is 5.32. The lowest BCUT2D eigenvalue weighted by Gasteiger charge is -2.05. The molecule has 1 atom stereocenters. The zero-order chi connectivity index (χ0) is 13.9. The minimum Gasteiger partial charge on any atom is -0.405 e. The molecule has 0 saturated heterocycles. The first-order valence-corrected chi connectivity index (χ1v) is 7.14. The lowest BCUT2D eigenvalue weighted by Crippen LogP contribution is -2.25.